The third-order valence-electron chi connectivity index (χ3n) is 2.85. The third kappa shape index (κ3) is 4.38. The molecule has 0 spiro atoms. The highest BCUT2D eigenvalue weighted by Gasteiger charge is 2.32. The maximum atomic E-state index is 11.8. The van der Waals surface area contributed by atoms with Gasteiger partial charge in [0, 0.05) is 0 Å². The van der Waals surface area contributed by atoms with Crippen molar-refractivity contribution in [3.05, 3.63) is 24.2 Å². The molecule has 1 aromatic rings. The van der Waals surface area contributed by atoms with Crippen LogP contribution in [-0.4, -0.2) is 30.9 Å². The van der Waals surface area contributed by atoms with Crippen molar-refractivity contribution in [2.45, 2.75) is 31.6 Å². The predicted molar refractivity (Wildman–Crippen MR) is 73.6 cm³/mol. The Bertz CT molecular complexity index is 353. The highest BCUT2D eigenvalue weighted by molar-refractivity contribution is 7.98. The summed E-state index contributed by atoms with van der Waals surface area (Å²) in [6.07, 6.45) is 2.40. The number of carbonyl (C=O) groups excluding carboxylic acids is 1. The Hall–Kier alpha value is -0.940. The number of ether oxygens (including phenoxy) is 1. The summed E-state index contributed by atoms with van der Waals surface area (Å²) in [6, 6.07) is 3.84. The highest BCUT2D eigenvalue weighted by atomic mass is 32.2. The summed E-state index contributed by atoms with van der Waals surface area (Å²) < 4.78 is 10.3. The minimum absolute atomic E-state index is 0.189. The zero-order chi connectivity index (χ0) is 13.4. The van der Waals surface area contributed by atoms with Gasteiger partial charge in [-0.05, 0) is 45.2 Å². The van der Waals surface area contributed by atoms with E-state index in [2.05, 4.69) is 5.32 Å². The number of carbonyl (C=O) groups is 1. The van der Waals surface area contributed by atoms with Crippen molar-refractivity contribution in [1.29, 1.82) is 0 Å². The van der Waals surface area contributed by atoms with E-state index in [0.29, 0.717) is 6.61 Å². The molecule has 1 rings (SSSR count). The summed E-state index contributed by atoms with van der Waals surface area (Å²) in [5.41, 5.74) is -0.605. The van der Waals surface area contributed by atoms with Crippen LogP contribution in [-0.2, 0) is 15.3 Å². The quantitative estimate of drug-likeness (QED) is 0.581. The molecule has 0 saturated heterocycles. The first kappa shape index (κ1) is 15.1. The van der Waals surface area contributed by atoms with E-state index >= 15 is 0 Å². The van der Waals surface area contributed by atoms with Crippen LogP contribution < -0.4 is 5.32 Å². The summed E-state index contributed by atoms with van der Waals surface area (Å²) in [5, 5.41) is 3.05. The molecule has 1 aromatic heterocycles. The lowest BCUT2D eigenvalue weighted by atomic mass is 10.00. The minimum Gasteiger partial charge on any atom is -0.468 e. The van der Waals surface area contributed by atoms with Gasteiger partial charge in [-0.3, -0.25) is 4.79 Å². The third-order valence-corrected chi connectivity index (χ3v) is 3.83. The number of thioether (sulfide) groups is 1. The van der Waals surface area contributed by atoms with Gasteiger partial charge in [-0.2, -0.15) is 11.8 Å². The summed E-state index contributed by atoms with van der Waals surface area (Å²) in [6.45, 7) is 4.10. The van der Waals surface area contributed by atoms with Gasteiger partial charge < -0.3 is 14.5 Å². The normalized spacial score (nSPS) is 14.2. The molecule has 0 bridgehead atoms. The predicted octanol–water partition coefficient (Wildman–Crippen LogP) is 2.44. The number of hydrogen-bond donors (Lipinski definition) is 1. The van der Waals surface area contributed by atoms with Gasteiger partial charge in [0.2, 0.25) is 0 Å². The molecule has 0 aliphatic heterocycles. The lowest BCUT2D eigenvalue weighted by Gasteiger charge is -2.26. The second-order valence-corrected chi connectivity index (χ2v) is 5.29. The van der Waals surface area contributed by atoms with Crippen LogP contribution in [0.1, 0.15) is 26.0 Å². The van der Waals surface area contributed by atoms with Gasteiger partial charge in [0.05, 0.1) is 18.6 Å². The molecule has 0 aromatic carbocycles. The first-order valence-corrected chi connectivity index (χ1v) is 7.24. The van der Waals surface area contributed by atoms with Crippen molar-refractivity contribution in [3.63, 3.8) is 0 Å². The van der Waals surface area contributed by atoms with Crippen LogP contribution in [0.2, 0.25) is 0 Å². The second-order valence-electron chi connectivity index (χ2n) is 4.18. The van der Waals surface area contributed by atoms with Crippen molar-refractivity contribution < 1.29 is 13.9 Å². The smallest absolute Gasteiger partial charge is 0.326 e. The van der Waals surface area contributed by atoms with E-state index in [4.69, 9.17) is 9.15 Å². The molecule has 1 heterocycles. The number of esters is 1. The largest absolute Gasteiger partial charge is 0.468 e. The molecule has 1 N–H and O–H groups in total. The molecule has 0 amide bonds. The van der Waals surface area contributed by atoms with Gasteiger partial charge in [-0.1, -0.05) is 0 Å². The molecule has 102 valence electrons. The highest BCUT2D eigenvalue weighted by Crippen LogP contribution is 2.19. The fourth-order valence-corrected chi connectivity index (χ4v) is 2.53. The van der Waals surface area contributed by atoms with Gasteiger partial charge >= 0.3 is 5.97 Å². The zero-order valence-electron chi connectivity index (χ0n) is 11.2. The van der Waals surface area contributed by atoms with Crippen LogP contribution in [0.5, 0.6) is 0 Å². The second kappa shape index (κ2) is 7.48. The fraction of sp³-hybridized carbons (Fsp3) is 0.615. The average molecular weight is 271 g/mol. The topological polar surface area (TPSA) is 51.5 Å². The van der Waals surface area contributed by atoms with Crippen molar-refractivity contribution in [3.8, 4) is 0 Å². The van der Waals surface area contributed by atoms with E-state index in [1.807, 2.05) is 26.0 Å². The number of likely N-dealkylation sites (N-methyl/N-ethyl adjacent to an activating group) is 1. The van der Waals surface area contributed by atoms with Crippen molar-refractivity contribution in [2.24, 2.45) is 0 Å². The van der Waals surface area contributed by atoms with Crippen LogP contribution >= 0.6 is 11.8 Å². The summed E-state index contributed by atoms with van der Waals surface area (Å²) in [5.74, 6) is 2.47. The molecule has 0 saturated carbocycles. The summed E-state index contributed by atoms with van der Waals surface area (Å²) >= 11 is 1.75. The first-order valence-electron chi connectivity index (χ1n) is 6.08. The molecule has 5 heteroatoms. The Kier molecular flexibility index (Phi) is 6.29. The van der Waals surface area contributed by atoms with Crippen molar-refractivity contribution >= 4 is 17.7 Å². The number of furan rings is 1. The monoisotopic (exact) mass is 271 g/mol. The van der Waals surface area contributed by atoms with E-state index in [9.17, 15) is 4.79 Å². The molecular weight excluding hydrogens is 250 g/mol. The molecule has 1 unspecified atom stereocenters. The van der Waals surface area contributed by atoms with Crippen LogP contribution in [0.4, 0.5) is 0 Å². The van der Waals surface area contributed by atoms with E-state index in [1.165, 1.54) is 0 Å². The molecular formula is C13H21NO3S. The number of rotatable bonds is 8. The fourth-order valence-electron chi connectivity index (χ4n) is 1.46. The lowest BCUT2D eigenvalue weighted by molar-refractivity contribution is -0.150. The number of hydrogen-bond acceptors (Lipinski definition) is 5. The van der Waals surface area contributed by atoms with Crippen LogP contribution in [0.3, 0.4) is 0 Å². The van der Waals surface area contributed by atoms with Gasteiger partial charge in [0.25, 0.3) is 0 Å². The molecule has 0 aliphatic rings. The summed E-state index contributed by atoms with van der Waals surface area (Å²) in [7, 11) is 1.79. The Morgan fingerprint density at radius 3 is 2.94 bits per heavy atom. The Labute approximate surface area is 112 Å². The maximum absolute atomic E-state index is 11.8. The molecule has 0 fully saturated rings. The molecule has 0 radical (unpaired) electrons. The zero-order valence-corrected chi connectivity index (χ0v) is 12.0. The van der Waals surface area contributed by atoms with Gasteiger partial charge in [0.15, 0.2) is 0 Å². The number of nitrogens with one attached hydrogen (secondary N) is 1. The van der Waals surface area contributed by atoms with E-state index in [1.54, 1.807) is 25.1 Å². The standard InChI is InChI=1S/C13H21NO3S/c1-4-16-12(15)13(2,14-3)7-9-18-10-11-6-5-8-17-11/h5-6,8,14H,4,7,9-10H2,1-3H3. The van der Waals surface area contributed by atoms with E-state index < -0.39 is 5.54 Å². The van der Waals surface area contributed by atoms with E-state index in [-0.39, 0.29) is 5.97 Å². The SMILES string of the molecule is CCOC(=O)C(C)(CCSCc1ccco1)NC. The maximum Gasteiger partial charge on any atom is 0.326 e. The lowest BCUT2D eigenvalue weighted by Crippen LogP contribution is -2.49. The Morgan fingerprint density at radius 2 is 2.39 bits per heavy atom. The van der Waals surface area contributed by atoms with Gasteiger partial charge in [-0.15, -0.1) is 0 Å². The van der Waals surface area contributed by atoms with Crippen LogP contribution in [0.15, 0.2) is 22.8 Å². The summed E-state index contributed by atoms with van der Waals surface area (Å²) in [4.78, 5) is 11.8. The molecule has 1 atom stereocenters. The van der Waals surface area contributed by atoms with Gasteiger partial charge in [0.1, 0.15) is 11.3 Å². The molecule has 0 aliphatic carbocycles. The van der Waals surface area contributed by atoms with Crippen molar-refractivity contribution in [2.75, 3.05) is 19.4 Å². The molecule has 4 nitrogen and oxygen atoms in total. The van der Waals surface area contributed by atoms with Crippen LogP contribution in [0, 0.1) is 0 Å². The first-order chi connectivity index (χ1) is 8.62. The Balaban J connectivity index is 2.32. The van der Waals surface area contributed by atoms with E-state index in [0.717, 1.165) is 23.7 Å². The minimum atomic E-state index is -0.605. The molecule has 18 heavy (non-hydrogen) atoms. The van der Waals surface area contributed by atoms with Crippen molar-refractivity contribution in [1.82, 2.24) is 5.32 Å². The average Bonchev–Trinajstić information content (AvgIpc) is 2.87. The van der Waals surface area contributed by atoms with Gasteiger partial charge in [-0.25, -0.2) is 0 Å². The van der Waals surface area contributed by atoms with Crippen LogP contribution in [0.25, 0.3) is 0 Å². The Morgan fingerprint density at radius 1 is 1.61 bits per heavy atom.